The number of fused-ring (bicyclic) bond motifs is 7. The van der Waals surface area contributed by atoms with Gasteiger partial charge in [0, 0.05) is 57.3 Å². The van der Waals surface area contributed by atoms with E-state index in [0.29, 0.717) is 0 Å². The largest absolute Gasteiger partial charge is 0.310 e. The lowest BCUT2D eigenvalue weighted by Crippen LogP contribution is -2.11. The molecule has 2 aromatic heterocycles. The third kappa shape index (κ3) is 5.60. The Bertz CT molecular complexity index is 3220. The Morgan fingerprint density at radius 3 is 1.75 bits per heavy atom. The number of thiophene rings is 2. The fourth-order valence-corrected chi connectivity index (χ4v) is 10.4. The molecule has 0 saturated heterocycles. The van der Waals surface area contributed by atoms with Gasteiger partial charge in [-0.15, -0.1) is 22.7 Å². The van der Waals surface area contributed by atoms with Gasteiger partial charge in [0.25, 0.3) is 0 Å². The van der Waals surface area contributed by atoms with E-state index in [1.165, 1.54) is 84.5 Å². The Hall–Kier alpha value is -6.52. The second kappa shape index (κ2) is 13.1. The first-order valence-corrected chi connectivity index (χ1v) is 20.3. The normalized spacial score (nSPS) is 11.6. The molecule has 9 aromatic carbocycles. The Balaban J connectivity index is 1.05. The molecule has 0 spiro atoms. The van der Waals surface area contributed by atoms with Gasteiger partial charge in [0.15, 0.2) is 0 Å². The molecule has 0 N–H and O–H groups in total. The van der Waals surface area contributed by atoms with Crippen molar-refractivity contribution in [3.05, 3.63) is 200 Å². The van der Waals surface area contributed by atoms with Crippen molar-refractivity contribution in [3.63, 3.8) is 0 Å². The fourth-order valence-electron chi connectivity index (χ4n) is 8.14. The molecule has 0 fully saturated rings. The van der Waals surface area contributed by atoms with E-state index in [9.17, 15) is 0 Å². The first kappa shape index (κ1) is 32.0. The maximum Gasteiger partial charge on any atom is 0.0540 e. The van der Waals surface area contributed by atoms with Crippen LogP contribution in [-0.2, 0) is 0 Å². The van der Waals surface area contributed by atoms with Crippen LogP contribution in [0, 0.1) is 0 Å². The summed E-state index contributed by atoms with van der Waals surface area (Å²) in [5, 5.41) is 7.76. The maximum atomic E-state index is 2.42. The van der Waals surface area contributed by atoms with Crippen LogP contribution in [0.5, 0.6) is 0 Å². The fraction of sp³-hybridized carbons (Fsp3) is 0. The second-order valence-corrected chi connectivity index (χ2v) is 16.3. The van der Waals surface area contributed by atoms with E-state index in [-0.39, 0.29) is 0 Å². The summed E-state index contributed by atoms with van der Waals surface area (Å²) in [6, 6.07) is 73.6. The van der Waals surface area contributed by atoms with Crippen molar-refractivity contribution in [2.45, 2.75) is 0 Å². The number of para-hydroxylation sites is 1. The van der Waals surface area contributed by atoms with Crippen LogP contribution in [0.25, 0.3) is 84.5 Å². The zero-order valence-corrected chi connectivity index (χ0v) is 31.4. The number of hydrogen-bond acceptors (Lipinski definition) is 3. The average Bonchev–Trinajstić information content (AvgIpc) is 3.82. The first-order valence-electron chi connectivity index (χ1n) is 18.7. The van der Waals surface area contributed by atoms with Crippen LogP contribution in [0.1, 0.15) is 0 Å². The van der Waals surface area contributed by atoms with Crippen molar-refractivity contribution in [2.75, 3.05) is 4.90 Å². The summed E-state index contributed by atoms with van der Waals surface area (Å²) in [6.07, 6.45) is 0. The van der Waals surface area contributed by atoms with Crippen molar-refractivity contribution in [1.29, 1.82) is 0 Å². The van der Waals surface area contributed by atoms with Gasteiger partial charge in [-0.3, -0.25) is 0 Å². The van der Waals surface area contributed by atoms with Gasteiger partial charge in [0.1, 0.15) is 0 Å². The van der Waals surface area contributed by atoms with E-state index in [4.69, 9.17) is 0 Å². The monoisotopic (exact) mass is 735 g/mol. The Labute approximate surface area is 327 Å². The van der Waals surface area contributed by atoms with Crippen LogP contribution in [0.4, 0.5) is 17.1 Å². The van der Waals surface area contributed by atoms with Crippen molar-refractivity contribution in [1.82, 2.24) is 0 Å². The molecular formula is C52H33NS2. The summed E-state index contributed by atoms with van der Waals surface area (Å²) in [4.78, 5) is 2.42. The van der Waals surface area contributed by atoms with Gasteiger partial charge < -0.3 is 4.90 Å². The SMILES string of the molecule is c1cc(-c2ccc3sc4ccccc4c3c2)cc(N(c2ccc(-c3ccc4c(c3)sc3ccccc34)cc2)c2ccccc2-c2ccc3ccccc3c2)c1. The van der Waals surface area contributed by atoms with E-state index in [2.05, 4.69) is 205 Å². The number of rotatable bonds is 6. The molecule has 3 heteroatoms. The highest BCUT2D eigenvalue weighted by atomic mass is 32.1. The van der Waals surface area contributed by atoms with Crippen LogP contribution in [-0.4, -0.2) is 0 Å². The Kier molecular flexibility index (Phi) is 7.61. The lowest BCUT2D eigenvalue weighted by Gasteiger charge is -2.28. The molecule has 0 atom stereocenters. The molecule has 0 bridgehead atoms. The minimum atomic E-state index is 1.11. The highest BCUT2D eigenvalue weighted by Gasteiger charge is 2.19. The Morgan fingerprint density at radius 1 is 0.291 bits per heavy atom. The lowest BCUT2D eigenvalue weighted by atomic mass is 9.97. The third-order valence-corrected chi connectivity index (χ3v) is 13.1. The summed E-state index contributed by atoms with van der Waals surface area (Å²) in [6.45, 7) is 0. The molecule has 55 heavy (non-hydrogen) atoms. The zero-order chi connectivity index (χ0) is 36.3. The van der Waals surface area contributed by atoms with Crippen LogP contribution in [0.3, 0.4) is 0 Å². The van der Waals surface area contributed by atoms with E-state index >= 15 is 0 Å². The summed E-state index contributed by atoms with van der Waals surface area (Å²) in [5.74, 6) is 0. The number of anilines is 3. The van der Waals surface area contributed by atoms with Gasteiger partial charge in [-0.1, -0.05) is 133 Å². The first-order chi connectivity index (χ1) is 27.2. The number of hydrogen-bond donors (Lipinski definition) is 0. The van der Waals surface area contributed by atoms with Gasteiger partial charge in [0.05, 0.1) is 5.69 Å². The van der Waals surface area contributed by atoms with Crippen molar-refractivity contribution in [3.8, 4) is 33.4 Å². The lowest BCUT2D eigenvalue weighted by molar-refractivity contribution is 1.28. The average molecular weight is 736 g/mol. The van der Waals surface area contributed by atoms with Crippen molar-refractivity contribution < 1.29 is 0 Å². The summed E-state index contributed by atoms with van der Waals surface area (Å²) < 4.78 is 5.29. The molecule has 2 heterocycles. The summed E-state index contributed by atoms with van der Waals surface area (Å²) in [7, 11) is 0. The number of benzene rings is 9. The molecule has 258 valence electrons. The molecule has 11 rings (SSSR count). The van der Waals surface area contributed by atoms with E-state index in [1.807, 2.05) is 22.7 Å². The van der Waals surface area contributed by atoms with Gasteiger partial charge in [-0.2, -0.15) is 0 Å². The highest BCUT2D eigenvalue weighted by Crippen LogP contribution is 2.44. The van der Waals surface area contributed by atoms with Gasteiger partial charge in [0.2, 0.25) is 0 Å². The topological polar surface area (TPSA) is 3.24 Å². The minimum absolute atomic E-state index is 1.11. The van der Waals surface area contributed by atoms with Crippen LogP contribution < -0.4 is 4.90 Å². The van der Waals surface area contributed by atoms with E-state index in [0.717, 1.165) is 17.1 Å². The zero-order valence-electron chi connectivity index (χ0n) is 29.8. The number of nitrogens with zero attached hydrogens (tertiary/aromatic N) is 1. The minimum Gasteiger partial charge on any atom is -0.310 e. The molecule has 1 nitrogen and oxygen atoms in total. The molecule has 11 aromatic rings. The van der Waals surface area contributed by atoms with Crippen LogP contribution in [0.2, 0.25) is 0 Å². The molecular weight excluding hydrogens is 703 g/mol. The van der Waals surface area contributed by atoms with Gasteiger partial charge >= 0.3 is 0 Å². The summed E-state index contributed by atoms with van der Waals surface area (Å²) in [5.41, 5.74) is 10.6. The standard InChI is InChI=1S/C52H33NS2/c1-2-11-36-30-40(21-20-34(36)10-1)43-14-3-6-17-48(43)53(41-26-22-35(23-27-41)39-24-28-46-44-15-4-7-18-49(44)55-52(46)33-39)42-13-9-12-37(31-42)38-25-29-51-47(32-38)45-16-5-8-19-50(45)54-51/h1-33H. The highest BCUT2D eigenvalue weighted by molar-refractivity contribution is 7.26. The maximum absolute atomic E-state index is 2.42. The molecule has 0 radical (unpaired) electrons. The molecule has 0 amide bonds. The molecule has 0 unspecified atom stereocenters. The van der Waals surface area contributed by atoms with Gasteiger partial charge in [-0.05, 0) is 105 Å². The smallest absolute Gasteiger partial charge is 0.0540 e. The van der Waals surface area contributed by atoms with Crippen LogP contribution in [0.15, 0.2) is 200 Å². The predicted molar refractivity (Wildman–Crippen MR) is 241 cm³/mol. The van der Waals surface area contributed by atoms with Crippen molar-refractivity contribution in [2.24, 2.45) is 0 Å². The second-order valence-electron chi connectivity index (χ2n) is 14.1. The van der Waals surface area contributed by atoms with E-state index < -0.39 is 0 Å². The molecule has 0 aliphatic heterocycles. The quantitative estimate of drug-likeness (QED) is 0.164. The Morgan fingerprint density at radius 2 is 0.891 bits per heavy atom. The summed E-state index contributed by atoms with van der Waals surface area (Å²) >= 11 is 3.73. The van der Waals surface area contributed by atoms with Crippen molar-refractivity contribution >= 4 is 90.9 Å². The van der Waals surface area contributed by atoms with E-state index in [1.54, 1.807) is 0 Å². The molecule has 0 aliphatic carbocycles. The van der Waals surface area contributed by atoms with Gasteiger partial charge in [-0.25, -0.2) is 0 Å². The third-order valence-electron chi connectivity index (χ3n) is 10.9. The molecule has 0 saturated carbocycles. The van der Waals surface area contributed by atoms with Crippen LogP contribution >= 0.6 is 22.7 Å². The predicted octanol–water partition coefficient (Wildman–Crippen LogP) is 16.0. The molecule has 0 aliphatic rings.